The molecule has 0 unspecified atom stereocenters. The molecule has 0 aliphatic heterocycles. The highest BCUT2D eigenvalue weighted by atomic mass is 35.5. The molecule has 0 radical (unpaired) electrons. The van der Waals surface area contributed by atoms with E-state index in [0.29, 0.717) is 24.7 Å². The summed E-state index contributed by atoms with van der Waals surface area (Å²) in [6.07, 6.45) is 2.43. The second-order valence-corrected chi connectivity index (χ2v) is 5.48. The summed E-state index contributed by atoms with van der Waals surface area (Å²) < 4.78 is 1.23. The fourth-order valence-corrected chi connectivity index (χ4v) is 2.47. The lowest BCUT2D eigenvalue weighted by Gasteiger charge is -2.25. The summed E-state index contributed by atoms with van der Waals surface area (Å²) >= 11 is 12.0. The maximum absolute atomic E-state index is 11.9. The number of alkyl halides is 1. The van der Waals surface area contributed by atoms with Crippen molar-refractivity contribution in [3.8, 4) is 0 Å². The summed E-state index contributed by atoms with van der Waals surface area (Å²) in [5, 5.41) is 4.25. The highest BCUT2D eigenvalue weighted by Crippen LogP contribution is 2.23. The maximum atomic E-state index is 11.9. The van der Waals surface area contributed by atoms with Gasteiger partial charge in [-0.05, 0) is 12.0 Å². The molecule has 0 aliphatic rings. The zero-order valence-corrected chi connectivity index (χ0v) is 13.3. The van der Waals surface area contributed by atoms with E-state index in [1.165, 1.54) is 4.68 Å². The van der Waals surface area contributed by atoms with Crippen LogP contribution in [0.15, 0.2) is 41.3 Å². The average Bonchev–Trinajstić information content (AvgIpc) is 2.51. The molecule has 0 aliphatic carbocycles. The lowest BCUT2D eigenvalue weighted by molar-refractivity contribution is 0.694. The van der Waals surface area contributed by atoms with Crippen molar-refractivity contribution in [3.63, 3.8) is 0 Å². The van der Waals surface area contributed by atoms with Crippen LogP contribution in [0.3, 0.4) is 0 Å². The Kier molecular flexibility index (Phi) is 5.65. The van der Waals surface area contributed by atoms with E-state index < -0.39 is 0 Å². The summed E-state index contributed by atoms with van der Waals surface area (Å²) in [5.41, 5.74) is 1.50. The van der Waals surface area contributed by atoms with E-state index in [1.54, 1.807) is 13.2 Å². The van der Waals surface area contributed by atoms with Gasteiger partial charge in [-0.2, -0.15) is 5.10 Å². The number of nitrogens with zero attached hydrogens (tertiary/aromatic N) is 3. The van der Waals surface area contributed by atoms with Gasteiger partial charge in [0.25, 0.3) is 5.56 Å². The summed E-state index contributed by atoms with van der Waals surface area (Å²) in [6.45, 7) is 1.37. The molecule has 1 heterocycles. The van der Waals surface area contributed by atoms with E-state index in [9.17, 15) is 4.79 Å². The van der Waals surface area contributed by atoms with Gasteiger partial charge in [0.15, 0.2) is 0 Å². The van der Waals surface area contributed by atoms with E-state index in [0.717, 1.165) is 12.0 Å². The Hall–Kier alpha value is -1.52. The molecule has 6 heteroatoms. The quantitative estimate of drug-likeness (QED) is 0.766. The van der Waals surface area contributed by atoms with Gasteiger partial charge in [-0.3, -0.25) is 4.79 Å². The first-order valence-electron chi connectivity index (χ1n) is 6.70. The Balaban J connectivity index is 2.32. The monoisotopic (exact) mass is 325 g/mol. The highest BCUT2D eigenvalue weighted by molar-refractivity contribution is 6.33. The number of aromatic nitrogens is 2. The molecule has 0 amide bonds. The zero-order chi connectivity index (χ0) is 15.2. The Morgan fingerprint density at radius 3 is 2.67 bits per heavy atom. The van der Waals surface area contributed by atoms with Crippen molar-refractivity contribution in [2.75, 3.05) is 17.3 Å². The molecule has 1 aromatic heterocycles. The molecule has 0 saturated carbocycles. The first-order chi connectivity index (χ1) is 10.1. The number of hydrogen-bond acceptors (Lipinski definition) is 3. The summed E-state index contributed by atoms with van der Waals surface area (Å²) in [6, 6.07) is 10.0. The van der Waals surface area contributed by atoms with Gasteiger partial charge in [0, 0.05) is 26.0 Å². The summed E-state index contributed by atoms with van der Waals surface area (Å²) in [5.74, 6) is 0.557. The van der Waals surface area contributed by atoms with Gasteiger partial charge in [0.05, 0.1) is 11.9 Å². The van der Waals surface area contributed by atoms with Gasteiger partial charge in [-0.15, -0.1) is 11.6 Å². The van der Waals surface area contributed by atoms with Crippen LogP contribution in [0.4, 0.5) is 5.69 Å². The molecule has 0 bridgehead atoms. The van der Waals surface area contributed by atoms with Crippen molar-refractivity contribution in [3.05, 3.63) is 57.5 Å². The van der Waals surface area contributed by atoms with Crippen LogP contribution in [0.2, 0.25) is 5.02 Å². The molecule has 21 heavy (non-hydrogen) atoms. The average molecular weight is 326 g/mol. The molecule has 0 saturated heterocycles. The Bertz CT molecular complexity index is 643. The van der Waals surface area contributed by atoms with Crippen molar-refractivity contribution in [2.24, 2.45) is 7.05 Å². The fraction of sp³-hybridized carbons (Fsp3) is 0.333. The first kappa shape index (κ1) is 15.9. The Morgan fingerprint density at radius 1 is 1.29 bits per heavy atom. The smallest absolute Gasteiger partial charge is 0.287 e. The molecule has 0 fully saturated rings. The van der Waals surface area contributed by atoms with Crippen LogP contribution < -0.4 is 10.5 Å². The number of anilines is 1. The third kappa shape index (κ3) is 3.99. The molecule has 2 aromatic rings. The second-order valence-electron chi connectivity index (χ2n) is 4.72. The second kappa shape index (κ2) is 7.48. The number of benzene rings is 1. The molecule has 112 valence electrons. The third-order valence-corrected chi connectivity index (χ3v) is 3.80. The normalized spacial score (nSPS) is 10.6. The predicted octanol–water partition coefficient (Wildman–Crippen LogP) is 3.07. The van der Waals surface area contributed by atoms with Gasteiger partial charge in [-0.25, -0.2) is 4.68 Å². The van der Waals surface area contributed by atoms with Crippen LogP contribution >= 0.6 is 23.2 Å². The fourth-order valence-electron chi connectivity index (χ4n) is 2.06. The third-order valence-electron chi connectivity index (χ3n) is 3.18. The van der Waals surface area contributed by atoms with E-state index in [2.05, 4.69) is 5.10 Å². The number of rotatable bonds is 6. The van der Waals surface area contributed by atoms with Crippen LogP contribution in [0.5, 0.6) is 0 Å². The van der Waals surface area contributed by atoms with Gasteiger partial charge in [0.1, 0.15) is 5.02 Å². The molecule has 0 atom stereocenters. The summed E-state index contributed by atoms with van der Waals surface area (Å²) in [7, 11) is 1.58. The lowest BCUT2D eigenvalue weighted by Crippen LogP contribution is -2.29. The predicted molar refractivity (Wildman–Crippen MR) is 87.3 cm³/mol. The van der Waals surface area contributed by atoms with Gasteiger partial charge < -0.3 is 4.90 Å². The van der Waals surface area contributed by atoms with Crippen molar-refractivity contribution in [2.45, 2.75) is 13.0 Å². The molecule has 0 spiro atoms. The Labute approximate surface area is 133 Å². The molecule has 4 nitrogen and oxygen atoms in total. The van der Waals surface area contributed by atoms with E-state index in [4.69, 9.17) is 23.2 Å². The van der Waals surface area contributed by atoms with E-state index >= 15 is 0 Å². The van der Waals surface area contributed by atoms with Crippen molar-refractivity contribution in [1.29, 1.82) is 0 Å². The molecular weight excluding hydrogens is 309 g/mol. The zero-order valence-electron chi connectivity index (χ0n) is 11.8. The minimum absolute atomic E-state index is 0.193. The molecule has 1 aromatic carbocycles. The van der Waals surface area contributed by atoms with Crippen molar-refractivity contribution >= 4 is 28.9 Å². The molecular formula is C15H17Cl2N3O. The lowest BCUT2D eigenvalue weighted by atomic mass is 10.2. The standard InChI is InChI=1S/C15H17Cl2N3O/c1-19-15(21)14(17)13(10-18-19)20(9-5-8-16)11-12-6-3-2-4-7-12/h2-4,6-7,10H,5,8-9,11H2,1H3. The van der Waals surface area contributed by atoms with E-state index in [1.807, 2.05) is 35.2 Å². The van der Waals surface area contributed by atoms with Gasteiger partial charge in [0.2, 0.25) is 0 Å². The summed E-state index contributed by atoms with van der Waals surface area (Å²) in [4.78, 5) is 14.0. The minimum atomic E-state index is -0.293. The van der Waals surface area contributed by atoms with Crippen LogP contribution in [0.25, 0.3) is 0 Å². The van der Waals surface area contributed by atoms with Gasteiger partial charge in [-0.1, -0.05) is 41.9 Å². The van der Waals surface area contributed by atoms with E-state index in [-0.39, 0.29) is 10.6 Å². The van der Waals surface area contributed by atoms with Gasteiger partial charge >= 0.3 is 0 Å². The molecule has 0 N–H and O–H groups in total. The van der Waals surface area contributed by atoms with Crippen LogP contribution in [0, 0.1) is 0 Å². The van der Waals surface area contributed by atoms with Crippen LogP contribution in [-0.2, 0) is 13.6 Å². The number of halogens is 2. The van der Waals surface area contributed by atoms with Crippen molar-refractivity contribution < 1.29 is 0 Å². The number of aryl methyl sites for hydroxylation is 1. The molecule has 2 rings (SSSR count). The van der Waals surface area contributed by atoms with Crippen LogP contribution in [-0.4, -0.2) is 22.2 Å². The highest BCUT2D eigenvalue weighted by Gasteiger charge is 2.15. The largest absolute Gasteiger partial charge is 0.364 e. The number of hydrogen-bond donors (Lipinski definition) is 0. The first-order valence-corrected chi connectivity index (χ1v) is 7.61. The Morgan fingerprint density at radius 2 is 2.00 bits per heavy atom. The SMILES string of the molecule is Cn1ncc(N(CCCCl)Cc2ccccc2)c(Cl)c1=O. The van der Waals surface area contributed by atoms with Crippen LogP contribution in [0.1, 0.15) is 12.0 Å². The minimum Gasteiger partial charge on any atom is -0.364 e. The topological polar surface area (TPSA) is 38.1 Å². The maximum Gasteiger partial charge on any atom is 0.287 e. The van der Waals surface area contributed by atoms with Crippen molar-refractivity contribution in [1.82, 2.24) is 9.78 Å².